The average Bonchev–Trinajstić information content (AvgIpc) is 2.84. The van der Waals surface area contributed by atoms with Crippen molar-refractivity contribution in [2.75, 3.05) is 28.2 Å². The maximum atomic E-state index is 13.0. The fourth-order valence-electron chi connectivity index (χ4n) is 4.13. The molecule has 0 radical (unpaired) electrons. The number of hydrogen-bond donors (Lipinski definition) is 0. The number of benzene rings is 4. The van der Waals surface area contributed by atoms with Crippen LogP contribution in [0.4, 0.5) is 0 Å². The second-order valence-electron chi connectivity index (χ2n) is 9.35. The van der Waals surface area contributed by atoms with Crippen molar-refractivity contribution >= 4 is 5.78 Å². The lowest BCUT2D eigenvalue weighted by Gasteiger charge is -2.11. The first-order valence-corrected chi connectivity index (χ1v) is 11.6. The Bertz CT molecular complexity index is 1120. The molecule has 3 heteroatoms. The molecule has 0 amide bonds. The molecule has 0 aliphatic heterocycles. The molecule has 3 nitrogen and oxygen atoms in total. The van der Waals surface area contributed by atoms with Crippen LogP contribution in [0.5, 0.6) is 0 Å². The summed E-state index contributed by atoms with van der Waals surface area (Å²) in [6.07, 6.45) is 0. The summed E-state index contributed by atoms with van der Waals surface area (Å²) in [6.45, 7) is 1.85. The molecule has 4 aromatic rings. The van der Waals surface area contributed by atoms with E-state index in [9.17, 15) is 4.79 Å². The third-order valence-electron chi connectivity index (χ3n) is 5.87. The monoisotopic (exact) mass is 448 g/mol. The van der Waals surface area contributed by atoms with Gasteiger partial charge in [-0.1, -0.05) is 97.1 Å². The topological polar surface area (TPSA) is 23.6 Å². The van der Waals surface area contributed by atoms with Crippen molar-refractivity contribution in [2.24, 2.45) is 0 Å². The Morgan fingerprint density at radius 3 is 1.00 bits per heavy atom. The van der Waals surface area contributed by atoms with E-state index in [0.717, 1.165) is 35.3 Å². The normalized spacial score (nSPS) is 11.2. The molecule has 0 heterocycles. The maximum absolute atomic E-state index is 13.0. The van der Waals surface area contributed by atoms with Crippen molar-refractivity contribution < 1.29 is 4.79 Å². The number of rotatable bonds is 8. The van der Waals surface area contributed by atoms with Crippen LogP contribution in [0.15, 0.2) is 97.1 Å². The molecule has 0 spiro atoms. The summed E-state index contributed by atoms with van der Waals surface area (Å²) in [5.74, 6) is 0.0424. The molecule has 172 valence electrons. The molecule has 0 aliphatic rings. The van der Waals surface area contributed by atoms with Gasteiger partial charge in [0.1, 0.15) is 0 Å². The molecule has 0 atom stereocenters. The van der Waals surface area contributed by atoms with Crippen molar-refractivity contribution in [1.29, 1.82) is 0 Å². The lowest BCUT2D eigenvalue weighted by atomic mass is 9.97. The van der Waals surface area contributed by atoms with E-state index in [2.05, 4.69) is 86.5 Å². The van der Waals surface area contributed by atoms with Crippen LogP contribution >= 0.6 is 0 Å². The Labute approximate surface area is 203 Å². The van der Waals surface area contributed by atoms with E-state index in [-0.39, 0.29) is 5.78 Å². The van der Waals surface area contributed by atoms with Gasteiger partial charge in [-0.2, -0.15) is 0 Å². The van der Waals surface area contributed by atoms with E-state index in [1.54, 1.807) is 0 Å². The third-order valence-corrected chi connectivity index (χ3v) is 5.87. The number of ketones is 1. The van der Waals surface area contributed by atoms with Gasteiger partial charge in [0, 0.05) is 24.2 Å². The van der Waals surface area contributed by atoms with Crippen molar-refractivity contribution in [1.82, 2.24) is 9.80 Å². The maximum Gasteiger partial charge on any atom is 0.193 e. The van der Waals surface area contributed by atoms with Crippen LogP contribution in [-0.4, -0.2) is 43.8 Å². The van der Waals surface area contributed by atoms with Crippen LogP contribution in [0.1, 0.15) is 27.0 Å². The van der Waals surface area contributed by atoms with Gasteiger partial charge in [0.15, 0.2) is 5.78 Å². The first-order chi connectivity index (χ1) is 16.4. The molecule has 0 saturated heterocycles. The smallest absolute Gasteiger partial charge is 0.193 e. The summed E-state index contributed by atoms with van der Waals surface area (Å²) in [7, 11) is 8.28. The molecule has 0 fully saturated rings. The summed E-state index contributed by atoms with van der Waals surface area (Å²) in [4.78, 5) is 17.3. The van der Waals surface area contributed by atoms with Crippen molar-refractivity contribution in [3.8, 4) is 22.3 Å². The van der Waals surface area contributed by atoms with Gasteiger partial charge in [-0.25, -0.2) is 0 Å². The molecule has 4 rings (SSSR count). The summed E-state index contributed by atoms with van der Waals surface area (Å²) in [5.41, 5.74) is 8.51. The molecular weight excluding hydrogens is 416 g/mol. The summed E-state index contributed by atoms with van der Waals surface area (Å²) >= 11 is 0. The van der Waals surface area contributed by atoms with Crippen LogP contribution in [0.25, 0.3) is 22.3 Å². The summed E-state index contributed by atoms with van der Waals surface area (Å²) in [6, 6.07) is 33.0. The lowest BCUT2D eigenvalue weighted by molar-refractivity contribution is 0.103. The van der Waals surface area contributed by atoms with Crippen molar-refractivity contribution in [3.63, 3.8) is 0 Å². The Kier molecular flexibility index (Phi) is 7.36. The highest BCUT2D eigenvalue weighted by Crippen LogP contribution is 2.24. The first-order valence-electron chi connectivity index (χ1n) is 11.6. The molecule has 0 N–H and O–H groups in total. The lowest BCUT2D eigenvalue weighted by Crippen LogP contribution is -2.10. The van der Waals surface area contributed by atoms with Gasteiger partial charge in [-0.3, -0.25) is 4.79 Å². The SMILES string of the molecule is CN(C)Cc1ccc(-c2ccc(C(=O)c3ccc(-c4ccc(CN(C)C)cc4)cc3)cc2)cc1. The standard InChI is InChI=1S/C31H32N2O/c1-32(2)21-23-5-9-25(10-6-23)27-13-17-29(18-14-27)31(34)30-19-15-28(16-20-30)26-11-7-24(8-12-26)22-33(3)4/h5-20H,21-22H2,1-4H3. The molecule has 0 aliphatic carbocycles. The highest BCUT2D eigenvalue weighted by molar-refractivity contribution is 6.09. The minimum atomic E-state index is 0.0424. The summed E-state index contributed by atoms with van der Waals surface area (Å²) in [5, 5.41) is 0. The Hall–Kier alpha value is -3.53. The van der Waals surface area contributed by atoms with E-state index in [0.29, 0.717) is 11.1 Å². The minimum Gasteiger partial charge on any atom is -0.305 e. The fraction of sp³-hybridized carbons (Fsp3) is 0.194. The Morgan fingerprint density at radius 1 is 0.471 bits per heavy atom. The van der Waals surface area contributed by atoms with Crippen LogP contribution in [0, 0.1) is 0 Å². The molecule has 0 bridgehead atoms. The number of hydrogen-bond acceptors (Lipinski definition) is 3. The van der Waals surface area contributed by atoms with Crippen LogP contribution in [0.3, 0.4) is 0 Å². The van der Waals surface area contributed by atoms with Crippen LogP contribution in [0.2, 0.25) is 0 Å². The second kappa shape index (κ2) is 10.6. The first kappa shape index (κ1) is 23.6. The Balaban J connectivity index is 1.44. The molecule has 0 aromatic heterocycles. The van der Waals surface area contributed by atoms with Gasteiger partial charge in [0.25, 0.3) is 0 Å². The fourth-order valence-corrected chi connectivity index (χ4v) is 4.13. The van der Waals surface area contributed by atoms with Crippen LogP contribution < -0.4 is 0 Å². The van der Waals surface area contributed by atoms with Gasteiger partial charge in [-0.05, 0) is 61.6 Å². The van der Waals surface area contributed by atoms with Gasteiger partial charge < -0.3 is 9.80 Å². The van der Waals surface area contributed by atoms with E-state index in [4.69, 9.17) is 0 Å². The molecule has 34 heavy (non-hydrogen) atoms. The molecular formula is C31H32N2O. The average molecular weight is 449 g/mol. The highest BCUT2D eigenvalue weighted by Gasteiger charge is 2.10. The van der Waals surface area contributed by atoms with Crippen LogP contribution in [-0.2, 0) is 13.1 Å². The van der Waals surface area contributed by atoms with E-state index >= 15 is 0 Å². The van der Waals surface area contributed by atoms with E-state index < -0.39 is 0 Å². The molecule has 0 saturated carbocycles. The zero-order valence-corrected chi connectivity index (χ0v) is 20.5. The number of carbonyl (C=O) groups excluding carboxylic acids is 1. The number of carbonyl (C=O) groups is 1. The Morgan fingerprint density at radius 2 is 0.735 bits per heavy atom. The zero-order chi connectivity index (χ0) is 24.1. The van der Waals surface area contributed by atoms with Gasteiger partial charge in [-0.15, -0.1) is 0 Å². The van der Waals surface area contributed by atoms with Crippen molar-refractivity contribution in [2.45, 2.75) is 13.1 Å². The van der Waals surface area contributed by atoms with Gasteiger partial charge >= 0.3 is 0 Å². The van der Waals surface area contributed by atoms with Gasteiger partial charge in [0.2, 0.25) is 0 Å². The quantitative estimate of drug-likeness (QED) is 0.292. The predicted molar refractivity (Wildman–Crippen MR) is 142 cm³/mol. The predicted octanol–water partition coefficient (Wildman–Crippen LogP) is 6.37. The largest absolute Gasteiger partial charge is 0.305 e. The summed E-state index contributed by atoms with van der Waals surface area (Å²) < 4.78 is 0. The van der Waals surface area contributed by atoms with Gasteiger partial charge in [0.05, 0.1) is 0 Å². The van der Waals surface area contributed by atoms with E-state index in [1.807, 2.05) is 48.5 Å². The number of nitrogens with zero attached hydrogens (tertiary/aromatic N) is 2. The zero-order valence-electron chi connectivity index (χ0n) is 20.5. The second-order valence-corrected chi connectivity index (χ2v) is 9.35. The third kappa shape index (κ3) is 5.88. The molecule has 0 unspecified atom stereocenters. The molecule has 4 aromatic carbocycles. The highest BCUT2D eigenvalue weighted by atomic mass is 16.1. The van der Waals surface area contributed by atoms with Crippen molar-refractivity contribution in [3.05, 3.63) is 119 Å². The minimum absolute atomic E-state index is 0.0424. The van der Waals surface area contributed by atoms with E-state index in [1.165, 1.54) is 11.1 Å².